The Bertz CT molecular complexity index is 1210. The molecule has 3 saturated carbocycles. The molecule has 9 heteroatoms. The maximum Gasteiger partial charge on any atom is 0.287 e. The second-order valence-corrected chi connectivity index (χ2v) is 10.6. The van der Waals surface area contributed by atoms with Crippen molar-refractivity contribution in [2.75, 3.05) is 6.26 Å². The SMILES string of the molecule is CS(=O)(=O)Cc1ccc(C(=O)NC23CC(c4nc5cc(Cl)ccc5o4)(C2)C3)o1. The van der Waals surface area contributed by atoms with Gasteiger partial charge in [-0.05, 0) is 49.6 Å². The van der Waals surface area contributed by atoms with Crippen molar-refractivity contribution in [3.63, 3.8) is 0 Å². The van der Waals surface area contributed by atoms with Crippen molar-refractivity contribution < 1.29 is 22.0 Å². The third-order valence-corrected chi connectivity index (χ3v) is 6.55. The van der Waals surface area contributed by atoms with Gasteiger partial charge in [-0.1, -0.05) is 11.6 Å². The van der Waals surface area contributed by atoms with E-state index in [1.165, 1.54) is 12.1 Å². The number of aromatic nitrogens is 1. The summed E-state index contributed by atoms with van der Waals surface area (Å²) in [7, 11) is -3.21. The van der Waals surface area contributed by atoms with Gasteiger partial charge in [0, 0.05) is 16.8 Å². The van der Waals surface area contributed by atoms with Crippen LogP contribution in [0.15, 0.2) is 39.2 Å². The van der Waals surface area contributed by atoms with E-state index in [0.717, 1.165) is 31.0 Å². The maximum atomic E-state index is 12.5. The van der Waals surface area contributed by atoms with Gasteiger partial charge < -0.3 is 14.2 Å². The second kappa shape index (κ2) is 5.61. The zero-order valence-corrected chi connectivity index (χ0v) is 16.6. The van der Waals surface area contributed by atoms with E-state index >= 15 is 0 Å². The van der Waals surface area contributed by atoms with Gasteiger partial charge in [0.25, 0.3) is 5.91 Å². The third-order valence-electron chi connectivity index (χ3n) is 5.50. The largest absolute Gasteiger partial charge is 0.455 e. The molecule has 2 bridgehead atoms. The molecule has 2 aromatic heterocycles. The van der Waals surface area contributed by atoms with Crippen LogP contribution in [-0.2, 0) is 21.0 Å². The van der Waals surface area contributed by atoms with E-state index in [-0.39, 0.29) is 34.1 Å². The number of fused-ring (bicyclic) bond motifs is 1. The Hall–Kier alpha value is -2.32. The highest BCUT2D eigenvalue weighted by Gasteiger charge is 2.71. The maximum absolute atomic E-state index is 12.5. The number of oxazole rings is 1. The summed E-state index contributed by atoms with van der Waals surface area (Å²) in [5.74, 6) is 0.503. The fourth-order valence-corrected chi connectivity index (χ4v) is 5.25. The molecular formula is C19H17ClN2O5S. The number of nitrogens with one attached hydrogen (secondary N) is 1. The van der Waals surface area contributed by atoms with Crippen LogP contribution in [0.5, 0.6) is 0 Å². The lowest BCUT2D eigenvalue weighted by molar-refractivity contribution is -0.0958. The number of benzene rings is 1. The second-order valence-electron chi connectivity index (χ2n) is 8.01. The quantitative estimate of drug-likeness (QED) is 0.679. The number of sulfone groups is 1. The first-order valence-corrected chi connectivity index (χ1v) is 11.2. The lowest BCUT2D eigenvalue weighted by atomic mass is 9.39. The number of hydrogen-bond donors (Lipinski definition) is 1. The van der Waals surface area contributed by atoms with Crippen molar-refractivity contribution in [3.05, 3.63) is 52.8 Å². The van der Waals surface area contributed by atoms with E-state index in [4.69, 9.17) is 20.4 Å². The van der Waals surface area contributed by atoms with Crippen molar-refractivity contribution >= 4 is 38.4 Å². The number of halogens is 1. The molecule has 1 amide bonds. The molecule has 0 spiro atoms. The Morgan fingerprint density at radius 3 is 2.68 bits per heavy atom. The molecule has 0 aliphatic heterocycles. The first-order chi connectivity index (χ1) is 13.2. The van der Waals surface area contributed by atoms with Gasteiger partial charge >= 0.3 is 0 Å². The molecule has 0 unspecified atom stereocenters. The summed E-state index contributed by atoms with van der Waals surface area (Å²) >= 11 is 6.00. The van der Waals surface area contributed by atoms with E-state index in [9.17, 15) is 13.2 Å². The van der Waals surface area contributed by atoms with Crippen LogP contribution in [0.4, 0.5) is 0 Å². The molecule has 1 N–H and O–H groups in total. The minimum Gasteiger partial charge on any atom is -0.455 e. The van der Waals surface area contributed by atoms with Gasteiger partial charge in [0.1, 0.15) is 17.0 Å². The number of carbonyl (C=O) groups is 1. The summed E-state index contributed by atoms with van der Waals surface area (Å²) in [6, 6.07) is 8.37. The zero-order chi connectivity index (χ0) is 19.7. The predicted octanol–water partition coefficient (Wildman–Crippen LogP) is 3.22. The monoisotopic (exact) mass is 420 g/mol. The van der Waals surface area contributed by atoms with Crippen molar-refractivity contribution in [3.8, 4) is 0 Å². The predicted molar refractivity (Wildman–Crippen MR) is 102 cm³/mol. The van der Waals surface area contributed by atoms with Crippen molar-refractivity contribution in [1.29, 1.82) is 0 Å². The average Bonchev–Trinajstić information content (AvgIpc) is 3.13. The number of furan rings is 1. The summed E-state index contributed by atoms with van der Waals surface area (Å²) in [5, 5.41) is 3.63. The van der Waals surface area contributed by atoms with Gasteiger partial charge in [-0.3, -0.25) is 4.79 Å². The molecule has 0 atom stereocenters. The Kier molecular flexibility index (Phi) is 3.56. The van der Waals surface area contributed by atoms with Gasteiger partial charge in [0.2, 0.25) is 5.89 Å². The average molecular weight is 421 g/mol. The molecule has 0 saturated heterocycles. The Morgan fingerprint density at radius 2 is 1.96 bits per heavy atom. The number of nitrogens with zero attached hydrogens (tertiary/aromatic N) is 1. The molecule has 1 aromatic carbocycles. The van der Waals surface area contributed by atoms with Crippen molar-refractivity contribution in [2.45, 2.75) is 36.0 Å². The molecular weight excluding hydrogens is 404 g/mol. The van der Waals surface area contributed by atoms with Gasteiger partial charge in [0.05, 0.1) is 5.41 Å². The molecule has 2 heterocycles. The van der Waals surface area contributed by atoms with Gasteiger partial charge in [-0.25, -0.2) is 13.4 Å². The Labute approximate surface area is 166 Å². The highest BCUT2D eigenvalue weighted by molar-refractivity contribution is 7.89. The number of amides is 1. The van der Waals surface area contributed by atoms with Crippen LogP contribution in [0.1, 0.15) is 41.5 Å². The Morgan fingerprint density at radius 1 is 1.21 bits per heavy atom. The third kappa shape index (κ3) is 2.82. The van der Waals surface area contributed by atoms with Crippen LogP contribution >= 0.6 is 11.6 Å². The Balaban J connectivity index is 1.26. The number of carbonyl (C=O) groups excluding carboxylic acids is 1. The molecule has 3 aliphatic carbocycles. The lowest BCUT2D eigenvalue weighted by Gasteiger charge is -2.68. The standard InChI is InChI=1S/C19H17ClN2O5S/c1-28(24,25)7-12-3-5-15(26-12)16(23)22-19-8-18(9-19,10-19)17-21-13-6-11(20)2-4-14(13)27-17/h2-6H,7-10H2,1H3,(H,22,23). The van der Waals surface area contributed by atoms with E-state index < -0.39 is 9.84 Å². The van der Waals surface area contributed by atoms with Crippen LogP contribution in [0.25, 0.3) is 11.1 Å². The normalized spacial score (nSPS) is 25.9. The molecule has 146 valence electrons. The van der Waals surface area contributed by atoms with Crippen molar-refractivity contribution in [1.82, 2.24) is 10.3 Å². The molecule has 3 fully saturated rings. The molecule has 3 aliphatic rings. The molecule has 0 radical (unpaired) electrons. The summed E-state index contributed by atoms with van der Waals surface area (Å²) in [6.07, 6.45) is 3.38. The fourth-order valence-electron chi connectivity index (χ4n) is 4.41. The lowest BCUT2D eigenvalue weighted by Crippen LogP contribution is -2.76. The topological polar surface area (TPSA) is 102 Å². The van der Waals surface area contributed by atoms with Crippen LogP contribution < -0.4 is 5.32 Å². The first-order valence-electron chi connectivity index (χ1n) is 8.81. The van der Waals surface area contributed by atoms with Gasteiger partial charge in [-0.15, -0.1) is 0 Å². The highest BCUT2D eigenvalue weighted by Crippen LogP contribution is 2.67. The minimum atomic E-state index is -3.21. The summed E-state index contributed by atoms with van der Waals surface area (Å²) in [6.45, 7) is 0. The fraction of sp³-hybridized carbons (Fsp3) is 0.368. The van der Waals surface area contributed by atoms with Crippen LogP contribution in [-0.4, -0.2) is 31.1 Å². The van der Waals surface area contributed by atoms with Crippen LogP contribution in [0.3, 0.4) is 0 Å². The summed E-state index contributed by atoms with van der Waals surface area (Å²) in [4.78, 5) is 17.0. The van der Waals surface area contributed by atoms with Crippen LogP contribution in [0, 0.1) is 0 Å². The van der Waals surface area contributed by atoms with E-state index in [1.807, 2.05) is 6.07 Å². The van der Waals surface area contributed by atoms with E-state index in [0.29, 0.717) is 16.5 Å². The minimum absolute atomic E-state index is 0.119. The first kappa shape index (κ1) is 17.8. The summed E-state index contributed by atoms with van der Waals surface area (Å²) < 4.78 is 34.0. The molecule has 6 rings (SSSR count). The van der Waals surface area contributed by atoms with Crippen LogP contribution in [0.2, 0.25) is 5.02 Å². The molecule has 7 nitrogen and oxygen atoms in total. The van der Waals surface area contributed by atoms with Crippen molar-refractivity contribution in [2.24, 2.45) is 0 Å². The van der Waals surface area contributed by atoms with E-state index in [1.54, 1.807) is 12.1 Å². The molecule has 28 heavy (non-hydrogen) atoms. The van der Waals surface area contributed by atoms with Gasteiger partial charge in [-0.2, -0.15) is 0 Å². The zero-order valence-electron chi connectivity index (χ0n) is 15.0. The smallest absolute Gasteiger partial charge is 0.287 e. The highest BCUT2D eigenvalue weighted by atomic mass is 35.5. The van der Waals surface area contributed by atoms with E-state index in [2.05, 4.69) is 10.3 Å². The number of hydrogen-bond acceptors (Lipinski definition) is 6. The molecule has 3 aromatic rings. The number of rotatable bonds is 5. The van der Waals surface area contributed by atoms with Gasteiger partial charge in [0.15, 0.2) is 21.2 Å². The summed E-state index contributed by atoms with van der Waals surface area (Å²) in [5.41, 5.74) is 1.03.